The van der Waals surface area contributed by atoms with Gasteiger partial charge in [0.15, 0.2) is 0 Å². The lowest BCUT2D eigenvalue weighted by Crippen LogP contribution is -2.40. The first-order valence-electron chi connectivity index (χ1n) is 4.89. The van der Waals surface area contributed by atoms with Crippen LogP contribution in [-0.2, 0) is 9.47 Å². The molecule has 2 unspecified atom stereocenters. The van der Waals surface area contributed by atoms with Crippen LogP contribution in [0.4, 0.5) is 0 Å². The number of nitrogens with two attached hydrogens (primary N) is 1. The fourth-order valence-corrected chi connectivity index (χ4v) is 3.02. The van der Waals surface area contributed by atoms with Crippen LogP contribution in [-0.4, -0.2) is 25.4 Å². The summed E-state index contributed by atoms with van der Waals surface area (Å²) < 4.78 is 12.1. The lowest BCUT2D eigenvalue weighted by molar-refractivity contribution is -0.158. The minimum absolute atomic E-state index is 0.00356. The highest BCUT2D eigenvalue weighted by Gasteiger charge is 2.27. The third kappa shape index (κ3) is 2.79. The molecule has 0 spiro atoms. The van der Waals surface area contributed by atoms with Gasteiger partial charge in [-0.1, -0.05) is 0 Å². The number of rotatable bonds is 4. The van der Waals surface area contributed by atoms with Crippen LogP contribution >= 0.6 is 27.3 Å². The third-order valence-electron chi connectivity index (χ3n) is 2.29. The van der Waals surface area contributed by atoms with Crippen LogP contribution in [0.25, 0.3) is 0 Å². The summed E-state index contributed by atoms with van der Waals surface area (Å²) in [5, 5.41) is 2.05. The molecule has 2 rings (SSSR count). The Balaban J connectivity index is 2.04. The van der Waals surface area contributed by atoms with Gasteiger partial charge in [0.1, 0.15) is 12.2 Å². The highest BCUT2D eigenvalue weighted by atomic mass is 79.9. The molecule has 1 saturated heterocycles. The van der Waals surface area contributed by atoms with Crippen LogP contribution in [0.2, 0.25) is 0 Å². The van der Waals surface area contributed by atoms with Gasteiger partial charge in [-0.05, 0) is 28.9 Å². The second-order valence-corrected chi connectivity index (χ2v) is 5.60. The molecule has 5 heteroatoms. The van der Waals surface area contributed by atoms with E-state index in [1.165, 1.54) is 4.88 Å². The second kappa shape index (κ2) is 4.93. The Labute approximate surface area is 102 Å². The standard InChI is InChI=1S/C10H14BrNO2S/c1-6(12)10(14-8-3-13-4-8)9-2-7(11)5-15-9/h2,5-6,8,10H,3-4,12H2,1H3. The predicted molar refractivity (Wildman–Crippen MR) is 64.1 cm³/mol. The van der Waals surface area contributed by atoms with E-state index in [1.807, 2.05) is 12.3 Å². The monoisotopic (exact) mass is 291 g/mol. The van der Waals surface area contributed by atoms with Crippen molar-refractivity contribution in [2.75, 3.05) is 13.2 Å². The van der Waals surface area contributed by atoms with Crippen molar-refractivity contribution in [1.82, 2.24) is 0 Å². The van der Waals surface area contributed by atoms with Crippen molar-refractivity contribution in [3.63, 3.8) is 0 Å². The van der Waals surface area contributed by atoms with Crippen molar-refractivity contribution in [2.24, 2.45) is 5.73 Å². The van der Waals surface area contributed by atoms with E-state index in [4.69, 9.17) is 15.2 Å². The number of thiophene rings is 1. The van der Waals surface area contributed by atoms with E-state index in [-0.39, 0.29) is 18.2 Å². The van der Waals surface area contributed by atoms with Crippen LogP contribution in [0, 0.1) is 0 Å². The van der Waals surface area contributed by atoms with E-state index in [2.05, 4.69) is 22.0 Å². The average molecular weight is 292 g/mol. The van der Waals surface area contributed by atoms with E-state index in [9.17, 15) is 0 Å². The molecule has 1 aromatic rings. The second-order valence-electron chi connectivity index (χ2n) is 3.74. The van der Waals surface area contributed by atoms with Gasteiger partial charge in [-0.15, -0.1) is 11.3 Å². The van der Waals surface area contributed by atoms with Crippen LogP contribution in [0.5, 0.6) is 0 Å². The summed E-state index contributed by atoms with van der Waals surface area (Å²) >= 11 is 5.11. The Morgan fingerprint density at radius 3 is 2.80 bits per heavy atom. The average Bonchev–Trinajstić information content (AvgIpc) is 2.49. The number of hydrogen-bond donors (Lipinski definition) is 1. The molecule has 0 saturated carbocycles. The highest BCUT2D eigenvalue weighted by Crippen LogP contribution is 2.31. The molecular weight excluding hydrogens is 278 g/mol. The van der Waals surface area contributed by atoms with Crippen LogP contribution < -0.4 is 5.73 Å². The number of halogens is 1. The topological polar surface area (TPSA) is 44.5 Å². The fraction of sp³-hybridized carbons (Fsp3) is 0.600. The zero-order chi connectivity index (χ0) is 10.8. The van der Waals surface area contributed by atoms with Gasteiger partial charge < -0.3 is 15.2 Å². The normalized spacial score (nSPS) is 21.0. The van der Waals surface area contributed by atoms with Crippen molar-refractivity contribution in [3.8, 4) is 0 Å². The molecular formula is C10H14BrNO2S. The zero-order valence-corrected chi connectivity index (χ0v) is 10.9. The van der Waals surface area contributed by atoms with Crippen molar-refractivity contribution < 1.29 is 9.47 Å². The maximum atomic E-state index is 5.93. The van der Waals surface area contributed by atoms with Gasteiger partial charge in [0.2, 0.25) is 0 Å². The van der Waals surface area contributed by atoms with E-state index in [1.54, 1.807) is 11.3 Å². The number of ether oxygens (including phenoxy) is 2. The third-order valence-corrected chi connectivity index (χ3v) is 4.05. The molecule has 1 aliphatic rings. The van der Waals surface area contributed by atoms with Crippen molar-refractivity contribution in [1.29, 1.82) is 0 Å². The largest absolute Gasteiger partial charge is 0.376 e. The molecule has 0 aromatic carbocycles. The minimum atomic E-state index is -0.0183. The smallest absolute Gasteiger partial charge is 0.107 e. The molecule has 3 nitrogen and oxygen atoms in total. The van der Waals surface area contributed by atoms with Gasteiger partial charge in [0.05, 0.1) is 13.2 Å². The number of hydrogen-bond acceptors (Lipinski definition) is 4. The first-order chi connectivity index (χ1) is 7.16. The van der Waals surface area contributed by atoms with E-state index in [0.29, 0.717) is 13.2 Å². The fourth-order valence-electron chi connectivity index (χ4n) is 1.43. The summed E-state index contributed by atoms with van der Waals surface area (Å²) in [6.45, 7) is 3.35. The maximum Gasteiger partial charge on any atom is 0.107 e. The summed E-state index contributed by atoms with van der Waals surface area (Å²) in [6.07, 6.45) is 0.192. The van der Waals surface area contributed by atoms with Crippen molar-refractivity contribution in [2.45, 2.75) is 25.2 Å². The minimum Gasteiger partial charge on any atom is -0.376 e. The van der Waals surface area contributed by atoms with Crippen LogP contribution in [0.15, 0.2) is 15.9 Å². The Morgan fingerprint density at radius 2 is 2.40 bits per heavy atom. The molecule has 2 heterocycles. The van der Waals surface area contributed by atoms with Crippen molar-refractivity contribution in [3.05, 3.63) is 20.8 Å². The molecule has 2 N–H and O–H groups in total. The molecule has 1 aromatic heterocycles. The predicted octanol–water partition coefficient (Wildman–Crippen LogP) is 2.31. The lowest BCUT2D eigenvalue weighted by Gasteiger charge is -2.31. The zero-order valence-electron chi connectivity index (χ0n) is 8.48. The lowest BCUT2D eigenvalue weighted by atomic mass is 10.1. The van der Waals surface area contributed by atoms with Crippen molar-refractivity contribution >= 4 is 27.3 Å². The molecule has 1 fully saturated rings. The van der Waals surface area contributed by atoms with E-state index in [0.717, 1.165) is 4.47 Å². The Morgan fingerprint density at radius 1 is 1.67 bits per heavy atom. The summed E-state index contributed by atoms with van der Waals surface area (Å²) in [5.74, 6) is 0. The van der Waals surface area contributed by atoms with E-state index < -0.39 is 0 Å². The molecule has 0 bridgehead atoms. The maximum absolute atomic E-state index is 5.93. The SMILES string of the molecule is CC(N)C(OC1COC1)c1cc(Br)cs1. The molecule has 0 radical (unpaired) electrons. The van der Waals surface area contributed by atoms with Gasteiger partial charge in [0.25, 0.3) is 0 Å². The Kier molecular flexibility index (Phi) is 3.79. The molecule has 84 valence electrons. The molecule has 15 heavy (non-hydrogen) atoms. The summed E-state index contributed by atoms with van der Waals surface area (Å²) in [4.78, 5) is 1.17. The molecule has 1 aliphatic heterocycles. The first kappa shape index (κ1) is 11.5. The summed E-state index contributed by atoms with van der Waals surface area (Å²) in [5.41, 5.74) is 5.93. The van der Waals surface area contributed by atoms with Gasteiger partial charge in [0, 0.05) is 20.8 Å². The van der Waals surface area contributed by atoms with Crippen LogP contribution in [0.3, 0.4) is 0 Å². The van der Waals surface area contributed by atoms with Gasteiger partial charge in [-0.25, -0.2) is 0 Å². The molecule has 0 aliphatic carbocycles. The van der Waals surface area contributed by atoms with Gasteiger partial charge in [-0.2, -0.15) is 0 Å². The van der Waals surface area contributed by atoms with Crippen LogP contribution in [0.1, 0.15) is 17.9 Å². The summed E-state index contributed by atoms with van der Waals surface area (Å²) in [6, 6.07) is 2.06. The van der Waals surface area contributed by atoms with Gasteiger partial charge >= 0.3 is 0 Å². The highest BCUT2D eigenvalue weighted by molar-refractivity contribution is 9.10. The Hall–Kier alpha value is 0.0600. The molecule has 2 atom stereocenters. The van der Waals surface area contributed by atoms with E-state index >= 15 is 0 Å². The quantitative estimate of drug-likeness (QED) is 0.926. The Bertz CT molecular complexity index is 325. The van der Waals surface area contributed by atoms with Gasteiger partial charge in [-0.3, -0.25) is 0 Å². The molecule has 0 amide bonds. The summed E-state index contributed by atoms with van der Waals surface area (Å²) in [7, 11) is 0. The first-order valence-corrected chi connectivity index (χ1v) is 6.57.